The Morgan fingerprint density at radius 1 is 1.62 bits per heavy atom. The molecule has 69 valence electrons. The third kappa shape index (κ3) is 7.82. The molecule has 0 aliphatic rings. The van der Waals surface area contributed by atoms with Crippen LogP contribution in [0.15, 0.2) is 11.4 Å². The molecule has 0 bridgehead atoms. The van der Waals surface area contributed by atoms with Crippen LogP contribution in [0.4, 0.5) is 5.95 Å². The van der Waals surface area contributed by atoms with Gasteiger partial charge in [-0.15, -0.1) is 5.34 Å². The van der Waals surface area contributed by atoms with E-state index in [4.69, 9.17) is 32.6 Å². The van der Waals surface area contributed by atoms with Crippen molar-refractivity contribution >= 4 is 17.5 Å². The smallest absolute Gasteiger partial charge is 0.224 e. The molecule has 0 amide bonds. The Hall–Kier alpha value is -0.526. The molecule has 3 N–H and O–H groups in total. The van der Waals surface area contributed by atoms with Crippen LogP contribution in [0, 0.1) is 10.1 Å². The van der Waals surface area contributed by atoms with E-state index >= 15 is 0 Å². The van der Waals surface area contributed by atoms with E-state index in [0.717, 1.165) is 5.34 Å². The molecule has 1 radical (unpaired) electrons. The molecule has 0 aliphatic heterocycles. The van der Waals surface area contributed by atoms with Crippen molar-refractivity contribution in [3.8, 4) is 5.88 Å². The first-order chi connectivity index (χ1) is 5.60. The summed E-state index contributed by atoms with van der Waals surface area (Å²) >= 11 is 5.36. The fraction of sp³-hybridized carbons (Fsp3) is 0. The van der Waals surface area contributed by atoms with E-state index in [9.17, 15) is 0 Å². The number of hydrogen-bond donors (Lipinski definition) is 2. The number of nitrogens with two attached hydrogens (primary N) is 1. The van der Waals surface area contributed by atoms with Crippen LogP contribution in [-0.4, -0.2) is 15.1 Å². The molecule has 0 spiro atoms. The van der Waals surface area contributed by atoms with Gasteiger partial charge in [-0.2, -0.15) is 4.98 Å². The van der Waals surface area contributed by atoms with E-state index in [1.54, 1.807) is 0 Å². The minimum absolute atomic E-state index is 0. The number of halogens is 1. The van der Waals surface area contributed by atoms with Gasteiger partial charge in [-0.25, -0.2) is 4.98 Å². The van der Waals surface area contributed by atoms with Crippen molar-refractivity contribution in [2.75, 3.05) is 5.73 Å². The van der Waals surface area contributed by atoms with Gasteiger partial charge >= 0.3 is 0 Å². The molecule has 0 atom stereocenters. The number of rotatable bonds is 0. The second-order valence-corrected chi connectivity index (χ2v) is 1.87. The molecule has 1 rings (SSSR count). The SMILES string of the molecule is Nc1nc(O)cc(Cl)n1.O=N[O-].[Y]. The van der Waals surface area contributed by atoms with Crippen LogP contribution in [0.5, 0.6) is 5.88 Å². The van der Waals surface area contributed by atoms with Crippen molar-refractivity contribution in [3.05, 3.63) is 21.3 Å². The van der Waals surface area contributed by atoms with Crippen LogP contribution >= 0.6 is 11.6 Å². The van der Waals surface area contributed by atoms with Gasteiger partial charge in [-0.1, -0.05) is 11.6 Å². The zero-order valence-corrected chi connectivity index (χ0v) is 9.81. The molecule has 9 heteroatoms. The molecule has 0 aliphatic carbocycles. The maximum atomic E-state index is 8.68. The predicted molar refractivity (Wildman–Crippen MR) is 42.3 cm³/mol. The molecule has 0 saturated carbocycles. The topological polar surface area (TPSA) is 125 Å². The Labute approximate surface area is 103 Å². The summed E-state index contributed by atoms with van der Waals surface area (Å²) in [5, 5.41) is 17.8. The zero-order chi connectivity index (χ0) is 9.56. The van der Waals surface area contributed by atoms with E-state index in [-0.39, 0.29) is 49.7 Å². The molecule has 1 heterocycles. The third-order valence-electron chi connectivity index (χ3n) is 0.699. The van der Waals surface area contributed by atoms with Gasteiger partial charge < -0.3 is 21.0 Å². The molecular formula is C4H4ClN4O3Y-. The summed E-state index contributed by atoms with van der Waals surface area (Å²) in [5.41, 5.74) is 5.09. The van der Waals surface area contributed by atoms with Crippen LogP contribution < -0.4 is 5.73 Å². The van der Waals surface area contributed by atoms with Crippen molar-refractivity contribution in [1.82, 2.24) is 9.97 Å². The normalized spacial score (nSPS) is 7.46. The van der Waals surface area contributed by atoms with Gasteiger partial charge in [0.25, 0.3) is 0 Å². The molecule has 0 fully saturated rings. The summed E-state index contributed by atoms with van der Waals surface area (Å²) in [4.78, 5) is 14.9. The van der Waals surface area contributed by atoms with Gasteiger partial charge in [0, 0.05) is 38.8 Å². The Morgan fingerprint density at radius 3 is 2.38 bits per heavy atom. The molecular weight excluding hydrogens is 276 g/mol. The van der Waals surface area contributed by atoms with E-state index in [1.165, 1.54) is 6.07 Å². The Kier molecular flexibility index (Phi) is 9.32. The Bertz CT molecular complexity index is 223. The number of aromatic hydroxyl groups is 1. The van der Waals surface area contributed by atoms with Crippen molar-refractivity contribution in [3.63, 3.8) is 0 Å². The zero-order valence-electron chi connectivity index (χ0n) is 6.22. The predicted octanol–water partition coefficient (Wildman–Crippen LogP) is 0.666. The molecule has 0 aromatic carbocycles. The summed E-state index contributed by atoms with van der Waals surface area (Å²) in [6.07, 6.45) is 0. The molecule has 1 aromatic heterocycles. The number of aromatic nitrogens is 2. The number of anilines is 1. The monoisotopic (exact) mass is 280 g/mol. The first kappa shape index (κ1) is 15.0. The summed E-state index contributed by atoms with van der Waals surface area (Å²) in [6, 6.07) is 1.21. The van der Waals surface area contributed by atoms with Crippen LogP contribution in [0.3, 0.4) is 0 Å². The standard InChI is InChI=1S/C4H4ClN3O.HNO2.Y/c5-2-1-3(9)8-4(6)7-2;2-1-3;/h1H,(H3,6,7,8,9);(H,2,3);/p-1. The summed E-state index contributed by atoms with van der Waals surface area (Å²) in [5.74, 6) is -0.243. The molecule has 13 heavy (non-hydrogen) atoms. The van der Waals surface area contributed by atoms with Gasteiger partial charge in [0.1, 0.15) is 5.15 Å². The third-order valence-corrected chi connectivity index (χ3v) is 0.892. The van der Waals surface area contributed by atoms with E-state index < -0.39 is 0 Å². The van der Waals surface area contributed by atoms with Gasteiger partial charge in [0.05, 0.1) is 0 Å². The molecule has 0 unspecified atom stereocenters. The second kappa shape index (κ2) is 8.09. The van der Waals surface area contributed by atoms with Crippen LogP contribution in [0.25, 0.3) is 0 Å². The summed E-state index contributed by atoms with van der Waals surface area (Å²) in [6.45, 7) is 0. The van der Waals surface area contributed by atoms with Gasteiger partial charge in [-0.3, -0.25) is 0 Å². The molecule has 0 saturated heterocycles. The van der Waals surface area contributed by atoms with Crippen molar-refractivity contribution < 1.29 is 37.8 Å². The number of nitrogen functional groups attached to an aromatic ring is 1. The van der Waals surface area contributed by atoms with Crippen LogP contribution in [-0.2, 0) is 32.7 Å². The first-order valence-electron chi connectivity index (χ1n) is 2.54. The van der Waals surface area contributed by atoms with E-state index in [2.05, 4.69) is 9.97 Å². The Balaban J connectivity index is 0. The average molecular weight is 280 g/mol. The molecule has 7 nitrogen and oxygen atoms in total. The maximum Gasteiger partial charge on any atom is 0.224 e. The quantitative estimate of drug-likeness (QED) is 0.409. The number of hydrogen-bond acceptors (Lipinski definition) is 7. The van der Waals surface area contributed by atoms with E-state index in [1.807, 2.05) is 0 Å². The molecule has 1 aromatic rings. The average Bonchev–Trinajstić information content (AvgIpc) is 1.84. The maximum absolute atomic E-state index is 8.68. The van der Waals surface area contributed by atoms with Crippen molar-refractivity contribution in [1.29, 1.82) is 0 Å². The van der Waals surface area contributed by atoms with Gasteiger partial charge in [0.15, 0.2) is 0 Å². The van der Waals surface area contributed by atoms with Gasteiger partial charge in [-0.05, 0) is 0 Å². The van der Waals surface area contributed by atoms with Gasteiger partial charge in [0.2, 0.25) is 11.8 Å². The van der Waals surface area contributed by atoms with Crippen molar-refractivity contribution in [2.24, 2.45) is 5.34 Å². The summed E-state index contributed by atoms with van der Waals surface area (Å²) < 4.78 is 0. The Morgan fingerprint density at radius 2 is 2.08 bits per heavy atom. The first-order valence-corrected chi connectivity index (χ1v) is 2.92. The number of nitrogens with zero attached hydrogens (tertiary/aromatic N) is 3. The van der Waals surface area contributed by atoms with E-state index in [0.29, 0.717) is 0 Å². The summed E-state index contributed by atoms with van der Waals surface area (Å²) in [7, 11) is 0. The fourth-order valence-corrected chi connectivity index (χ4v) is 0.607. The van der Waals surface area contributed by atoms with Crippen LogP contribution in [0.1, 0.15) is 0 Å². The minimum atomic E-state index is -0.215. The van der Waals surface area contributed by atoms with Crippen LogP contribution in [0.2, 0.25) is 5.15 Å². The minimum Gasteiger partial charge on any atom is -0.493 e. The van der Waals surface area contributed by atoms with Crippen molar-refractivity contribution in [2.45, 2.75) is 0 Å². The largest absolute Gasteiger partial charge is 0.493 e. The fourth-order valence-electron chi connectivity index (χ4n) is 0.423. The second-order valence-electron chi connectivity index (χ2n) is 1.48.